The fourth-order valence-electron chi connectivity index (χ4n) is 1.98. The maximum atomic E-state index is 10.2. The highest BCUT2D eigenvalue weighted by Gasteiger charge is 2.19. The number of rotatable bonds is 4. The summed E-state index contributed by atoms with van der Waals surface area (Å²) in [4.78, 5) is 14.8. The van der Waals surface area contributed by atoms with Gasteiger partial charge in [-0.15, -0.1) is 0 Å². The molecule has 0 saturated carbocycles. The van der Waals surface area contributed by atoms with E-state index in [1.807, 2.05) is 0 Å². The van der Waals surface area contributed by atoms with Gasteiger partial charge in [0.2, 0.25) is 0 Å². The molecule has 0 aromatic rings. The monoisotopic (exact) mass is 215 g/mol. The molecule has 1 heterocycles. The van der Waals surface area contributed by atoms with Gasteiger partial charge in [0.15, 0.2) is 0 Å². The van der Waals surface area contributed by atoms with Crippen LogP contribution in [0.1, 0.15) is 12.8 Å². The molecule has 1 amide bonds. The van der Waals surface area contributed by atoms with Crippen molar-refractivity contribution >= 4 is 6.09 Å². The summed E-state index contributed by atoms with van der Waals surface area (Å²) in [5, 5.41) is 10.8. The summed E-state index contributed by atoms with van der Waals surface area (Å²) < 4.78 is 0. The quantitative estimate of drug-likeness (QED) is 0.707. The molecule has 0 aliphatic carbocycles. The van der Waals surface area contributed by atoms with Gasteiger partial charge in [-0.05, 0) is 40.0 Å². The van der Waals surface area contributed by atoms with Gasteiger partial charge < -0.3 is 20.2 Å². The smallest absolute Gasteiger partial charge is 0.404 e. The minimum Gasteiger partial charge on any atom is -0.465 e. The molecule has 0 atom stereocenters. The summed E-state index contributed by atoms with van der Waals surface area (Å²) in [6, 6.07) is 0.689. The molecule has 15 heavy (non-hydrogen) atoms. The van der Waals surface area contributed by atoms with Crippen molar-refractivity contribution < 1.29 is 9.90 Å². The Hall–Kier alpha value is -0.810. The number of piperidine rings is 1. The number of hydrogen-bond donors (Lipinski definition) is 2. The van der Waals surface area contributed by atoms with Crippen molar-refractivity contribution in [3.05, 3.63) is 0 Å². The predicted molar refractivity (Wildman–Crippen MR) is 59.2 cm³/mol. The van der Waals surface area contributed by atoms with Crippen LogP contribution >= 0.6 is 0 Å². The van der Waals surface area contributed by atoms with Gasteiger partial charge in [-0.2, -0.15) is 0 Å². The molecule has 0 aromatic heterocycles. The average Bonchev–Trinajstić information content (AvgIpc) is 2.18. The van der Waals surface area contributed by atoms with Crippen LogP contribution in [0, 0.1) is 0 Å². The van der Waals surface area contributed by atoms with Crippen LogP contribution in [0.25, 0.3) is 0 Å². The van der Waals surface area contributed by atoms with Crippen molar-refractivity contribution in [3.8, 4) is 0 Å². The summed E-state index contributed by atoms with van der Waals surface area (Å²) in [7, 11) is 4.23. The van der Waals surface area contributed by atoms with E-state index in [0.29, 0.717) is 12.6 Å². The van der Waals surface area contributed by atoms with Crippen LogP contribution < -0.4 is 5.32 Å². The molecule has 5 nitrogen and oxygen atoms in total. The fraction of sp³-hybridized carbons (Fsp3) is 0.900. The van der Waals surface area contributed by atoms with E-state index >= 15 is 0 Å². The molecule has 0 unspecified atom stereocenters. The third kappa shape index (κ3) is 4.48. The minimum absolute atomic E-state index is 0.530. The van der Waals surface area contributed by atoms with E-state index in [-0.39, 0.29) is 0 Å². The average molecular weight is 215 g/mol. The fourth-order valence-corrected chi connectivity index (χ4v) is 1.98. The summed E-state index contributed by atoms with van der Waals surface area (Å²) >= 11 is 0. The molecule has 88 valence electrons. The van der Waals surface area contributed by atoms with E-state index in [0.717, 1.165) is 19.6 Å². The zero-order valence-corrected chi connectivity index (χ0v) is 9.57. The lowest BCUT2D eigenvalue weighted by Gasteiger charge is -2.35. The summed E-state index contributed by atoms with van der Waals surface area (Å²) in [5.41, 5.74) is 0. The third-order valence-electron chi connectivity index (χ3n) is 2.99. The largest absolute Gasteiger partial charge is 0.465 e. The first kappa shape index (κ1) is 12.3. The van der Waals surface area contributed by atoms with Gasteiger partial charge in [0.1, 0.15) is 0 Å². The minimum atomic E-state index is -0.932. The van der Waals surface area contributed by atoms with Crippen molar-refractivity contribution in [2.75, 3.05) is 40.3 Å². The van der Waals surface area contributed by atoms with Gasteiger partial charge in [0, 0.05) is 19.1 Å². The number of nitrogens with zero attached hydrogens (tertiary/aromatic N) is 2. The molecule has 1 rings (SSSR count). The van der Waals surface area contributed by atoms with E-state index in [4.69, 9.17) is 5.11 Å². The van der Waals surface area contributed by atoms with Crippen LogP contribution in [0.4, 0.5) is 4.79 Å². The molecule has 5 heteroatoms. The van der Waals surface area contributed by atoms with E-state index in [2.05, 4.69) is 29.2 Å². The van der Waals surface area contributed by atoms with Crippen LogP contribution in [-0.2, 0) is 0 Å². The number of amides is 1. The Morgan fingerprint density at radius 3 is 2.53 bits per heavy atom. The number of likely N-dealkylation sites (tertiary alicyclic amines) is 1. The van der Waals surface area contributed by atoms with Crippen LogP contribution in [0.2, 0.25) is 0 Å². The van der Waals surface area contributed by atoms with Gasteiger partial charge in [-0.3, -0.25) is 0 Å². The highest BCUT2D eigenvalue weighted by atomic mass is 16.4. The second-order valence-corrected chi connectivity index (χ2v) is 4.27. The first-order valence-electron chi connectivity index (χ1n) is 5.45. The summed E-state index contributed by atoms with van der Waals surface area (Å²) in [5.74, 6) is 0. The SMILES string of the molecule is CN(C)C1CCN(CCNC(=O)O)CC1. The molecule has 1 aliphatic heterocycles. The lowest BCUT2D eigenvalue weighted by molar-refractivity contribution is 0.144. The van der Waals surface area contributed by atoms with E-state index in [1.165, 1.54) is 12.8 Å². The first-order chi connectivity index (χ1) is 7.09. The van der Waals surface area contributed by atoms with Gasteiger partial charge >= 0.3 is 6.09 Å². The Bertz CT molecular complexity index is 201. The maximum absolute atomic E-state index is 10.2. The molecule has 2 N–H and O–H groups in total. The second-order valence-electron chi connectivity index (χ2n) is 4.27. The Balaban J connectivity index is 2.12. The Morgan fingerprint density at radius 2 is 2.07 bits per heavy atom. The third-order valence-corrected chi connectivity index (χ3v) is 2.99. The maximum Gasteiger partial charge on any atom is 0.404 e. The van der Waals surface area contributed by atoms with Crippen molar-refractivity contribution in [1.29, 1.82) is 0 Å². The molecular weight excluding hydrogens is 194 g/mol. The van der Waals surface area contributed by atoms with E-state index in [9.17, 15) is 4.79 Å². The molecule has 1 fully saturated rings. The van der Waals surface area contributed by atoms with Crippen LogP contribution in [-0.4, -0.2) is 67.3 Å². The number of hydrogen-bond acceptors (Lipinski definition) is 3. The molecular formula is C10H21N3O2. The van der Waals surface area contributed by atoms with Gasteiger partial charge in [-0.25, -0.2) is 4.79 Å². The van der Waals surface area contributed by atoms with Gasteiger partial charge in [0.25, 0.3) is 0 Å². The highest BCUT2D eigenvalue weighted by Crippen LogP contribution is 2.13. The molecule has 0 aromatic carbocycles. The Kier molecular flexibility index (Phi) is 4.84. The number of carboxylic acid groups (broad SMARTS) is 1. The normalized spacial score (nSPS) is 19.4. The Morgan fingerprint density at radius 1 is 1.47 bits per heavy atom. The molecule has 0 bridgehead atoms. The molecule has 0 spiro atoms. The predicted octanol–water partition coefficient (Wildman–Crippen LogP) is 0.280. The lowest BCUT2D eigenvalue weighted by atomic mass is 10.0. The molecule has 0 radical (unpaired) electrons. The van der Waals surface area contributed by atoms with Crippen LogP contribution in [0.5, 0.6) is 0 Å². The number of nitrogens with one attached hydrogen (secondary N) is 1. The van der Waals surface area contributed by atoms with Crippen molar-refractivity contribution in [2.45, 2.75) is 18.9 Å². The summed E-state index contributed by atoms with van der Waals surface area (Å²) in [6.45, 7) is 3.50. The van der Waals surface area contributed by atoms with Crippen molar-refractivity contribution in [1.82, 2.24) is 15.1 Å². The van der Waals surface area contributed by atoms with Crippen molar-refractivity contribution in [3.63, 3.8) is 0 Å². The van der Waals surface area contributed by atoms with Crippen LogP contribution in [0.3, 0.4) is 0 Å². The molecule has 1 aliphatic rings. The second kappa shape index (κ2) is 5.92. The first-order valence-corrected chi connectivity index (χ1v) is 5.45. The Labute approximate surface area is 91.0 Å². The summed E-state index contributed by atoms with van der Waals surface area (Å²) in [6.07, 6.45) is 1.43. The highest BCUT2D eigenvalue weighted by molar-refractivity contribution is 5.64. The van der Waals surface area contributed by atoms with E-state index < -0.39 is 6.09 Å². The lowest BCUT2D eigenvalue weighted by Crippen LogP contribution is -2.44. The molecule has 1 saturated heterocycles. The number of carbonyl (C=O) groups is 1. The van der Waals surface area contributed by atoms with Crippen LogP contribution in [0.15, 0.2) is 0 Å². The standard InChI is InChI=1S/C10H21N3O2/c1-12(2)9-3-6-13(7-4-9)8-5-11-10(14)15/h9,11H,3-8H2,1-2H3,(H,14,15). The van der Waals surface area contributed by atoms with Gasteiger partial charge in [0.05, 0.1) is 0 Å². The van der Waals surface area contributed by atoms with Crippen molar-refractivity contribution in [2.24, 2.45) is 0 Å². The van der Waals surface area contributed by atoms with E-state index in [1.54, 1.807) is 0 Å². The zero-order valence-electron chi connectivity index (χ0n) is 9.57. The van der Waals surface area contributed by atoms with Gasteiger partial charge in [-0.1, -0.05) is 0 Å². The topological polar surface area (TPSA) is 55.8 Å². The zero-order chi connectivity index (χ0) is 11.3.